The van der Waals surface area contributed by atoms with E-state index in [1.54, 1.807) is 0 Å². The molecular weight excluding hydrogens is 302 g/mol. The Balaban J connectivity index is 2.30. The molecule has 1 atom stereocenters. The van der Waals surface area contributed by atoms with Crippen LogP contribution in [0.5, 0.6) is 0 Å². The number of hydrogen-bond donors (Lipinski definition) is 1. The molecule has 116 valence electrons. The Morgan fingerprint density at radius 2 is 1.62 bits per heavy atom. The monoisotopic (exact) mass is 312 g/mol. The van der Waals surface area contributed by atoms with Crippen molar-refractivity contribution in [1.82, 2.24) is 5.32 Å². The molecule has 0 bridgehead atoms. The number of piperazine rings is 1. The predicted molar refractivity (Wildman–Crippen MR) is 61.6 cm³/mol. The zero-order valence-corrected chi connectivity index (χ0v) is 10.4. The number of alkyl halides is 6. The lowest BCUT2D eigenvalue weighted by molar-refractivity contribution is -0.153. The van der Waals surface area contributed by atoms with Crippen LogP contribution >= 0.6 is 0 Å². The van der Waals surface area contributed by atoms with Gasteiger partial charge < -0.3 is 10.2 Å². The van der Waals surface area contributed by atoms with Crippen molar-refractivity contribution >= 4 is 11.6 Å². The highest BCUT2D eigenvalue weighted by molar-refractivity contribution is 5.83. The fourth-order valence-electron chi connectivity index (χ4n) is 2.05. The molecule has 1 aromatic carbocycles. The van der Waals surface area contributed by atoms with Crippen LogP contribution in [-0.4, -0.2) is 31.2 Å². The number of carbonyl (C=O) groups is 1. The summed E-state index contributed by atoms with van der Waals surface area (Å²) >= 11 is 0. The normalized spacial score (nSPS) is 20.4. The summed E-state index contributed by atoms with van der Waals surface area (Å²) in [5.74, 6) is -0.615. The largest absolute Gasteiger partial charge is 0.416 e. The third-order valence-corrected chi connectivity index (χ3v) is 3.09. The summed E-state index contributed by atoms with van der Waals surface area (Å²) in [7, 11) is 0. The van der Waals surface area contributed by atoms with Crippen molar-refractivity contribution in [2.24, 2.45) is 0 Å². The van der Waals surface area contributed by atoms with Gasteiger partial charge in [-0.25, -0.2) is 0 Å². The van der Waals surface area contributed by atoms with Crippen LogP contribution in [0.25, 0.3) is 0 Å². The number of hydrogen-bond acceptors (Lipinski definition) is 2. The molecule has 1 unspecified atom stereocenters. The van der Waals surface area contributed by atoms with Gasteiger partial charge >= 0.3 is 12.4 Å². The van der Waals surface area contributed by atoms with E-state index in [1.807, 2.05) is 0 Å². The van der Waals surface area contributed by atoms with Crippen molar-refractivity contribution in [2.75, 3.05) is 18.0 Å². The Hall–Kier alpha value is -1.93. The molecule has 1 aromatic rings. The minimum absolute atomic E-state index is 0.0832. The van der Waals surface area contributed by atoms with Gasteiger partial charge in [0.1, 0.15) is 6.04 Å². The Kier molecular flexibility index (Phi) is 3.77. The van der Waals surface area contributed by atoms with Crippen LogP contribution < -0.4 is 10.2 Å². The number of carbonyl (C=O) groups excluding carboxylic acids is 1. The van der Waals surface area contributed by atoms with Crippen LogP contribution in [0.2, 0.25) is 0 Å². The van der Waals surface area contributed by atoms with Crippen LogP contribution in [0, 0.1) is 0 Å². The van der Waals surface area contributed by atoms with E-state index in [9.17, 15) is 31.1 Å². The highest BCUT2D eigenvalue weighted by Crippen LogP contribution is 2.33. The Labute approximate surface area is 115 Å². The lowest BCUT2D eigenvalue weighted by Gasteiger charge is -2.38. The summed E-state index contributed by atoms with van der Waals surface area (Å²) in [6, 6.07) is 1.28. The van der Waals surface area contributed by atoms with Gasteiger partial charge in [0.2, 0.25) is 5.91 Å². The molecule has 1 N–H and O–H groups in total. The molecule has 21 heavy (non-hydrogen) atoms. The second-order valence-electron chi connectivity index (χ2n) is 4.53. The van der Waals surface area contributed by atoms with E-state index in [4.69, 9.17) is 0 Å². The van der Waals surface area contributed by atoms with Crippen molar-refractivity contribution in [2.45, 2.75) is 18.4 Å². The van der Waals surface area contributed by atoms with Gasteiger partial charge in [0.25, 0.3) is 0 Å². The Bertz CT molecular complexity index is 522. The molecule has 0 aromatic heterocycles. The Morgan fingerprint density at radius 3 is 2.10 bits per heavy atom. The van der Waals surface area contributed by atoms with E-state index in [0.717, 1.165) is 17.0 Å². The first kappa shape index (κ1) is 15.5. The molecule has 1 aliphatic heterocycles. The zero-order chi connectivity index (χ0) is 15.8. The molecule has 1 amide bonds. The highest BCUT2D eigenvalue weighted by Gasteiger charge is 2.46. The SMILES string of the molecule is O=C1CN(c2ccc(C(F)(F)F)cc2)C(C(F)(F)F)CN1. The fourth-order valence-corrected chi connectivity index (χ4v) is 2.05. The number of benzene rings is 1. The van der Waals surface area contributed by atoms with Gasteiger partial charge in [-0.05, 0) is 24.3 Å². The number of nitrogens with one attached hydrogen (secondary N) is 1. The standard InChI is InChI=1S/C12H10F6N2O/c13-11(14,15)7-1-3-8(4-2-7)20-6-10(21)19-5-9(20)12(16,17)18/h1-4,9H,5-6H2,(H,19,21). The molecular formula is C12H10F6N2O. The maximum Gasteiger partial charge on any atom is 0.416 e. The molecule has 2 rings (SSSR count). The molecule has 3 nitrogen and oxygen atoms in total. The molecule has 1 saturated heterocycles. The fraction of sp³-hybridized carbons (Fsp3) is 0.417. The average Bonchev–Trinajstić information content (AvgIpc) is 2.36. The van der Waals surface area contributed by atoms with E-state index in [2.05, 4.69) is 5.32 Å². The number of nitrogens with zero attached hydrogens (tertiary/aromatic N) is 1. The number of amides is 1. The lowest BCUT2D eigenvalue weighted by atomic mass is 10.1. The summed E-state index contributed by atoms with van der Waals surface area (Å²) in [5.41, 5.74) is -1.04. The van der Waals surface area contributed by atoms with E-state index in [0.29, 0.717) is 12.1 Å². The summed E-state index contributed by atoms with van der Waals surface area (Å²) in [5, 5.41) is 2.09. The smallest absolute Gasteiger partial charge is 0.352 e. The second-order valence-corrected chi connectivity index (χ2v) is 4.53. The van der Waals surface area contributed by atoms with Crippen molar-refractivity contribution < 1.29 is 31.1 Å². The van der Waals surface area contributed by atoms with Gasteiger partial charge in [-0.15, -0.1) is 0 Å². The first-order chi connectivity index (χ1) is 9.59. The van der Waals surface area contributed by atoms with E-state index in [-0.39, 0.29) is 5.69 Å². The molecule has 0 aliphatic carbocycles. The number of rotatable bonds is 1. The quantitative estimate of drug-likeness (QED) is 0.809. The minimum atomic E-state index is -4.60. The first-order valence-electron chi connectivity index (χ1n) is 5.86. The van der Waals surface area contributed by atoms with Crippen LogP contribution in [-0.2, 0) is 11.0 Å². The predicted octanol–water partition coefficient (Wildman–Crippen LogP) is 2.57. The molecule has 1 heterocycles. The van der Waals surface area contributed by atoms with Gasteiger partial charge in [-0.3, -0.25) is 4.79 Å². The third kappa shape index (κ3) is 3.40. The Morgan fingerprint density at radius 1 is 1.05 bits per heavy atom. The first-order valence-corrected chi connectivity index (χ1v) is 5.86. The van der Waals surface area contributed by atoms with Crippen LogP contribution in [0.3, 0.4) is 0 Å². The van der Waals surface area contributed by atoms with Gasteiger partial charge in [0.15, 0.2) is 0 Å². The van der Waals surface area contributed by atoms with Crippen LogP contribution in [0.4, 0.5) is 32.0 Å². The maximum atomic E-state index is 12.9. The number of halogens is 6. The molecule has 0 saturated carbocycles. The highest BCUT2D eigenvalue weighted by atomic mass is 19.4. The summed E-state index contributed by atoms with van der Waals surface area (Å²) in [6.07, 6.45) is -9.17. The second kappa shape index (κ2) is 5.12. The topological polar surface area (TPSA) is 32.3 Å². The molecule has 0 radical (unpaired) electrons. The summed E-state index contributed by atoms with van der Waals surface area (Å²) < 4.78 is 76.0. The van der Waals surface area contributed by atoms with E-state index < -0.39 is 43.0 Å². The summed E-state index contributed by atoms with van der Waals surface area (Å²) in [6.45, 7) is -1.20. The third-order valence-electron chi connectivity index (χ3n) is 3.09. The van der Waals surface area contributed by atoms with Crippen molar-refractivity contribution in [1.29, 1.82) is 0 Å². The molecule has 1 fully saturated rings. The van der Waals surface area contributed by atoms with Gasteiger partial charge in [-0.2, -0.15) is 26.3 Å². The van der Waals surface area contributed by atoms with Gasteiger partial charge in [0, 0.05) is 12.2 Å². The van der Waals surface area contributed by atoms with E-state index in [1.165, 1.54) is 0 Å². The van der Waals surface area contributed by atoms with Crippen molar-refractivity contribution in [3.63, 3.8) is 0 Å². The minimum Gasteiger partial charge on any atom is -0.352 e. The van der Waals surface area contributed by atoms with Crippen LogP contribution in [0.15, 0.2) is 24.3 Å². The van der Waals surface area contributed by atoms with Gasteiger partial charge in [0.05, 0.1) is 12.1 Å². The molecule has 1 aliphatic rings. The molecule has 0 spiro atoms. The maximum absolute atomic E-state index is 12.9. The zero-order valence-electron chi connectivity index (χ0n) is 10.4. The van der Waals surface area contributed by atoms with E-state index >= 15 is 0 Å². The summed E-state index contributed by atoms with van der Waals surface area (Å²) in [4.78, 5) is 12.0. The lowest BCUT2D eigenvalue weighted by Crippen LogP contribution is -2.60. The van der Waals surface area contributed by atoms with Crippen LogP contribution in [0.1, 0.15) is 5.56 Å². The van der Waals surface area contributed by atoms with Gasteiger partial charge in [-0.1, -0.05) is 0 Å². The van der Waals surface area contributed by atoms with Crippen molar-refractivity contribution in [3.8, 4) is 0 Å². The van der Waals surface area contributed by atoms with Crippen molar-refractivity contribution in [3.05, 3.63) is 29.8 Å². The number of anilines is 1. The molecule has 9 heteroatoms. The average molecular weight is 312 g/mol.